The molecular weight excluding hydrogens is 332 g/mol. The van der Waals surface area contributed by atoms with Crippen molar-refractivity contribution < 1.29 is 22.7 Å². The minimum atomic E-state index is -3.68. The lowest BCUT2D eigenvalue weighted by molar-refractivity contribution is 0.0936. The summed E-state index contributed by atoms with van der Waals surface area (Å²) in [6, 6.07) is 4.53. The highest BCUT2D eigenvalue weighted by Gasteiger charge is 2.21. The molecule has 0 spiro atoms. The van der Waals surface area contributed by atoms with E-state index in [1.807, 2.05) is 0 Å². The Bertz CT molecular complexity index is 669. The number of sulfonamides is 1. The summed E-state index contributed by atoms with van der Waals surface area (Å²) in [4.78, 5) is 12.3. The maximum atomic E-state index is 12.4. The van der Waals surface area contributed by atoms with Gasteiger partial charge < -0.3 is 14.8 Å². The Morgan fingerprint density at radius 2 is 2.21 bits per heavy atom. The number of hydrogen-bond acceptors (Lipinski definition) is 5. The predicted molar refractivity (Wildman–Crippen MR) is 89.6 cm³/mol. The van der Waals surface area contributed by atoms with Crippen LogP contribution in [0.4, 0.5) is 0 Å². The van der Waals surface area contributed by atoms with Crippen LogP contribution in [-0.2, 0) is 19.5 Å². The number of ether oxygens (including phenoxy) is 2. The van der Waals surface area contributed by atoms with E-state index < -0.39 is 10.0 Å². The molecule has 0 aromatic heterocycles. The molecule has 134 valence electrons. The summed E-state index contributed by atoms with van der Waals surface area (Å²) in [7, 11) is -2.13. The molecule has 1 atom stereocenters. The predicted octanol–water partition coefficient (Wildman–Crippen LogP) is 0.829. The van der Waals surface area contributed by atoms with E-state index in [1.165, 1.54) is 12.1 Å². The van der Waals surface area contributed by atoms with E-state index in [0.717, 1.165) is 12.8 Å². The number of amides is 1. The van der Waals surface area contributed by atoms with Crippen LogP contribution >= 0.6 is 0 Å². The minimum Gasteiger partial charge on any atom is -0.383 e. The lowest BCUT2D eigenvalue weighted by Gasteiger charge is -2.13. The summed E-state index contributed by atoms with van der Waals surface area (Å²) in [5.74, 6) is -0.319. The fraction of sp³-hybridized carbons (Fsp3) is 0.562. The number of nitrogens with one attached hydrogen (secondary N) is 2. The lowest BCUT2D eigenvalue weighted by atomic mass is 10.1. The Kier molecular flexibility index (Phi) is 6.73. The maximum Gasteiger partial charge on any atom is 0.251 e. The molecule has 2 rings (SSSR count). The first kappa shape index (κ1) is 18.9. The Hall–Kier alpha value is -1.48. The van der Waals surface area contributed by atoms with Crippen LogP contribution in [0.5, 0.6) is 0 Å². The molecule has 2 N–H and O–H groups in total. The Morgan fingerprint density at radius 1 is 1.42 bits per heavy atom. The third kappa shape index (κ3) is 5.01. The second-order valence-corrected chi connectivity index (χ2v) is 7.48. The fourth-order valence-corrected chi connectivity index (χ4v) is 3.56. The van der Waals surface area contributed by atoms with Gasteiger partial charge >= 0.3 is 0 Å². The van der Waals surface area contributed by atoms with Gasteiger partial charge in [0.15, 0.2) is 0 Å². The van der Waals surface area contributed by atoms with E-state index >= 15 is 0 Å². The van der Waals surface area contributed by atoms with Crippen LogP contribution in [0.2, 0.25) is 0 Å². The molecule has 0 radical (unpaired) electrons. The Morgan fingerprint density at radius 3 is 2.88 bits per heavy atom. The summed E-state index contributed by atoms with van der Waals surface area (Å²) in [5.41, 5.74) is 1.05. The lowest BCUT2D eigenvalue weighted by Crippen LogP contribution is -2.32. The van der Waals surface area contributed by atoms with Crippen LogP contribution < -0.4 is 10.0 Å². The average molecular weight is 356 g/mol. The SMILES string of the molecule is COCCNC(=O)c1cc(S(=O)(=O)NC[C@H]2CCCO2)ccc1C. The summed E-state index contributed by atoms with van der Waals surface area (Å²) in [5, 5.41) is 2.70. The van der Waals surface area contributed by atoms with Gasteiger partial charge in [-0.15, -0.1) is 0 Å². The van der Waals surface area contributed by atoms with Crippen LogP contribution in [0.1, 0.15) is 28.8 Å². The largest absolute Gasteiger partial charge is 0.383 e. The molecule has 0 unspecified atom stereocenters. The van der Waals surface area contributed by atoms with Gasteiger partial charge in [0, 0.05) is 32.4 Å². The molecule has 1 aliphatic heterocycles. The van der Waals surface area contributed by atoms with E-state index in [4.69, 9.17) is 9.47 Å². The van der Waals surface area contributed by atoms with Crippen molar-refractivity contribution in [3.63, 3.8) is 0 Å². The van der Waals surface area contributed by atoms with Crippen LogP contribution in [-0.4, -0.2) is 53.8 Å². The average Bonchev–Trinajstić information content (AvgIpc) is 3.07. The number of benzene rings is 1. The number of carbonyl (C=O) groups excluding carboxylic acids is 1. The van der Waals surface area contributed by atoms with E-state index in [1.54, 1.807) is 20.1 Å². The molecule has 24 heavy (non-hydrogen) atoms. The van der Waals surface area contributed by atoms with Gasteiger partial charge in [-0.05, 0) is 37.5 Å². The van der Waals surface area contributed by atoms with Crippen LogP contribution in [0.15, 0.2) is 23.1 Å². The van der Waals surface area contributed by atoms with Gasteiger partial charge in [-0.25, -0.2) is 13.1 Å². The molecular formula is C16H24N2O5S. The first-order valence-electron chi connectivity index (χ1n) is 7.93. The Balaban J connectivity index is 2.08. The fourth-order valence-electron chi connectivity index (χ4n) is 2.47. The first-order valence-corrected chi connectivity index (χ1v) is 9.41. The summed E-state index contributed by atoms with van der Waals surface area (Å²) in [6.45, 7) is 3.43. The molecule has 0 saturated carbocycles. The van der Waals surface area contributed by atoms with Gasteiger partial charge in [0.2, 0.25) is 10.0 Å². The number of carbonyl (C=O) groups is 1. The number of aryl methyl sites for hydroxylation is 1. The van der Waals surface area contributed by atoms with Gasteiger partial charge in [0.25, 0.3) is 5.91 Å². The zero-order valence-corrected chi connectivity index (χ0v) is 14.8. The highest BCUT2D eigenvalue weighted by atomic mass is 32.2. The zero-order valence-electron chi connectivity index (χ0n) is 14.0. The van der Waals surface area contributed by atoms with E-state index in [9.17, 15) is 13.2 Å². The van der Waals surface area contributed by atoms with Gasteiger partial charge in [-0.2, -0.15) is 0 Å². The van der Waals surface area contributed by atoms with Gasteiger partial charge in [0.1, 0.15) is 0 Å². The van der Waals surface area contributed by atoms with Gasteiger partial charge in [-0.3, -0.25) is 4.79 Å². The van der Waals surface area contributed by atoms with Crippen molar-refractivity contribution in [3.05, 3.63) is 29.3 Å². The molecule has 1 heterocycles. The second kappa shape index (κ2) is 8.57. The molecule has 1 aromatic rings. The zero-order chi connectivity index (χ0) is 17.6. The van der Waals surface area contributed by atoms with Crippen molar-refractivity contribution in [2.75, 3.05) is 33.4 Å². The second-order valence-electron chi connectivity index (χ2n) is 5.71. The van der Waals surface area contributed by atoms with E-state index in [2.05, 4.69) is 10.0 Å². The molecule has 1 fully saturated rings. The van der Waals surface area contributed by atoms with Crippen molar-refractivity contribution in [1.82, 2.24) is 10.0 Å². The highest BCUT2D eigenvalue weighted by molar-refractivity contribution is 7.89. The third-order valence-corrected chi connectivity index (χ3v) is 5.30. The van der Waals surface area contributed by atoms with E-state index in [0.29, 0.717) is 30.9 Å². The number of methoxy groups -OCH3 is 1. The third-order valence-electron chi connectivity index (χ3n) is 3.88. The quantitative estimate of drug-likeness (QED) is 0.673. The van der Waals surface area contributed by atoms with Crippen molar-refractivity contribution in [1.29, 1.82) is 0 Å². The van der Waals surface area contributed by atoms with Crippen molar-refractivity contribution in [2.24, 2.45) is 0 Å². The summed E-state index contributed by atoms with van der Waals surface area (Å²) >= 11 is 0. The minimum absolute atomic E-state index is 0.0722. The summed E-state index contributed by atoms with van der Waals surface area (Å²) < 4.78 is 37.7. The molecule has 1 amide bonds. The molecule has 1 aromatic carbocycles. The van der Waals surface area contributed by atoms with Crippen LogP contribution in [0.3, 0.4) is 0 Å². The van der Waals surface area contributed by atoms with Gasteiger partial charge in [0.05, 0.1) is 17.6 Å². The van der Waals surface area contributed by atoms with Crippen molar-refractivity contribution >= 4 is 15.9 Å². The molecule has 1 saturated heterocycles. The normalized spacial score (nSPS) is 17.8. The number of hydrogen-bond donors (Lipinski definition) is 2. The summed E-state index contributed by atoms with van der Waals surface area (Å²) in [6.07, 6.45) is 1.72. The topological polar surface area (TPSA) is 93.7 Å². The monoisotopic (exact) mass is 356 g/mol. The maximum absolute atomic E-state index is 12.4. The Labute approximate surface area is 142 Å². The molecule has 1 aliphatic rings. The molecule has 0 aliphatic carbocycles. The molecule has 8 heteroatoms. The molecule has 7 nitrogen and oxygen atoms in total. The molecule has 0 bridgehead atoms. The van der Waals surface area contributed by atoms with Crippen molar-refractivity contribution in [3.8, 4) is 0 Å². The smallest absolute Gasteiger partial charge is 0.251 e. The van der Waals surface area contributed by atoms with Gasteiger partial charge in [-0.1, -0.05) is 6.07 Å². The first-order chi connectivity index (χ1) is 11.4. The van der Waals surface area contributed by atoms with Crippen LogP contribution in [0, 0.1) is 6.92 Å². The standard InChI is InChI=1S/C16H24N2O5S/c1-12-5-6-14(10-15(12)16(19)17-7-9-22-2)24(20,21)18-11-13-4-3-8-23-13/h5-6,10,13,18H,3-4,7-9,11H2,1-2H3,(H,17,19)/t13-/m1/s1. The van der Waals surface area contributed by atoms with Crippen molar-refractivity contribution in [2.45, 2.75) is 30.8 Å². The number of rotatable bonds is 8. The van der Waals surface area contributed by atoms with E-state index in [-0.39, 0.29) is 23.5 Å². The van der Waals surface area contributed by atoms with Crippen LogP contribution in [0.25, 0.3) is 0 Å². The highest BCUT2D eigenvalue weighted by Crippen LogP contribution is 2.17.